The number of benzene rings is 1. The molecule has 0 aliphatic heterocycles. The molecular formula is C17H15BrN2O2S3. The van der Waals surface area contributed by atoms with Crippen molar-refractivity contribution < 1.29 is 8.42 Å². The normalized spacial score (nSPS) is 14.1. The van der Waals surface area contributed by atoms with E-state index in [1.807, 2.05) is 0 Å². The molecule has 4 nitrogen and oxygen atoms in total. The monoisotopic (exact) mass is 454 g/mol. The first kappa shape index (κ1) is 17.5. The fourth-order valence-electron chi connectivity index (χ4n) is 3.02. The molecule has 0 radical (unpaired) electrons. The maximum Gasteiger partial charge on any atom is 0.179 e. The highest BCUT2D eigenvalue weighted by atomic mass is 79.9. The first-order valence-corrected chi connectivity index (χ1v) is 12.2. The van der Waals surface area contributed by atoms with Crippen molar-refractivity contribution in [1.29, 1.82) is 0 Å². The topological polar surface area (TPSA) is 59.9 Å². The van der Waals surface area contributed by atoms with E-state index in [0.29, 0.717) is 10.6 Å². The Bertz CT molecular complexity index is 1030. The zero-order valence-corrected chi connectivity index (χ0v) is 17.3. The van der Waals surface area contributed by atoms with Crippen molar-refractivity contribution >= 4 is 59.1 Å². The van der Waals surface area contributed by atoms with Crippen molar-refractivity contribution in [2.45, 2.75) is 29.2 Å². The molecule has 0 unspecified atom stereocenters. The predicted octanol–water partition coefficient (Wildman–Crippen LogP) is 4.51. The van der Waals surface area contributed by atoms with Crippen molar-refractivity contribution in [3.8, 4) is 0 Å². The van der Waals surface area contributed by atoms with Gasteiger partial charge in [0.2, 0.25) is 0 Å². The fraction of sp³-hybridized carbons (Fsp3) is 0.294. The fourth-order valence-corrected chi connectivity index (χ4v) is 7.25. The SMILES string of the molecule is O=S(=O)(CCSc1ncnc2sc3c(c12)CCC3)c1ccc(Br)cc1. The number of aromatic nitrogens is 2. The first-order valence-electron chi connectivity index (χ1n) is 7.91. The van der Waals surface area contributed by atoms with Crippen LogP contribution < -0.4 is 0 Å². The minimum absolute atomic E-state index is 0.0944. The molecule has 0 saturated heterocycles. The molecular weight excluding hydrogens is 440 g/mol. The average molecular weight is 455 g/mol. The number of aryl methyl sites for hydroxylation is 2. The molecule has 130 valence electrons. The van der Waals surface area contributed by atoms with E-state index >= 15 is 0 Å². The zero-order valence-electron chi connectivity index (χ0n) is 13.2. The minimum atomic E-state index is -3.28. The molecule has 2 aromatic heterocycles. The van der Waals surface area contributed by atoms with Crippen LogP contribution in [0.5, 0.6) is 0 Å². The van der Waals surface area contributed by atoms with Crippen LogP contribution in [0.25, 0.3) is 10.2 Å². The summed E-state index contributed by atoms with van der Waals surface area (Å²) >= 11 is 6.59. The molecule has 4 rings (SSSR count). The van der Waals surface area contributed by atoms with Gasteiger partial charge in [0, 0.05) is 20.5 Å². The Kier molecular flexibility index (Phi) is 4.87. The van der Waals surface area contributed by atoms with Gasteiger partial charge in [0.05, 0.1) is 10.6 Å². The summed E-state index contributed by atoms with van der Waals surface area (Å²) in [4.78, 5) is 11.6. The highest BCUT2D eigenvalue weighted by molar-refractivity contribution is 9.10. The Morgan fingerprint density at radius 2 is 1.96 bits per heavy atom. The van der Waals surface area contributed by atoms with Gasteiger partial charge in [-0.1, -0.05) is 15.9 Å². The van der Waals surface area contributed by atoms with Gasteiger partial charge in [-0.3, -0.25) is 0 Å². The number of sulfone groups is 1. The van der Waals surface area contributed by atoms with Gasteiger partial charge in [-0.2, -0.15) is 0 Å². The average Bonchev–Trinajstić information content (AvgIpc) is 3.16. The Hall–Kier alpha value is -0.960. The van der Waals surface area contributed by atoms with Gasteiger partial charge in [-0.25, -0.2) is 18.4 Å². The third-order valence-corrected chi connectivity index (χ3v) is 8.94. The molecule has 25 heavy (non-hydrogen) atoms. The van der Waals surface area contributed by atoms with E-state index < -0.39 is 9.84 Å². The van der Waals surface area contributed by atoms with Crippen LogP contribution in [0.4, 0.5) is 0 Å². The van der Waals surface area contributed by atoms with Crippen molar-refractivity contribution in [3.63, 3.8) is 0 Å². The molecule has 1 aliphatic rings. The van der Waals surface area contributed by atoms with E-state index in [9.17, 15) is 8.42 Å². The second-order valence-electron chi connectivity index (χ2n) is 5.84. The first-order chi connectivity index (χ1) is 12.0. The van der Waals surface area contributed by atoms with Crippen LogP contribution in [0, 0.1) is 0 Å². The van der Waals surface area contributed by atoms with E-state index in [2.05, 4.69) is 25.9 Å². The van der Waals surface area contributed by atoms with Crippen LogP contribution in [0.3, 0.4) is 0 Å². The van der Waals surface area contributed by atoms with Gasteiger partial charge >= 0.3 is 0 Å². The molecule has 1 aliphatic carbocycles. The summed E-state index contributed by atoms with van der Waals surface area (Å²) in [5.41, 5.74) is 1.37. The summed E-state index contributed by atoms with van der Waals surface area (Å²) in [5.74, 6) is 0.576. The third-order valence-electron chi connectivity index (χ3n) is 4.23. The molecule has 3 aromatic rings. The molecule has 1 aromatic carbocycles. The molecule has 0 amide bonds. The zero-order chi connectivity index (χ0) is 17.4. The maximum atomic E-state index is 12.5. The van der Waals surface area contributed by atoms with Gasteiger partial charge in [0.1, 0.15) is 16.2 Å². The number of rotatable bonds is 5. The number of hydrogen-bond donors (Lipinski definition) is 0. The number of thiophene rings is 1. The van der Waals surface area contributed by atoms with Gasteiger partial charge in [0.25, 0.3) is 0 Å². The Balaban J connectivity index is 1.52. The lowest BCUT2D eigenvalue weighted by molar-refractivity contribution is 0.597. The van der Waals surface area contributed by atoms with Crippen LogP contribution in [0.1, 0.15) is 16.9 Å². The standard InChI is InChI=1S/C17H15BrN2O2S3/c18-11-4-6-12(7-5-11)25(21,22)9-8-23-16-15-13-2-1-3-14(13)24-17(15)20-10-19-16/h4-7,10H,1-3,8-9H2. The molecule has 0 saturated carbocycles. The van der Waals surface area contributed by atoms with Crippen molar-refractivity contribution in [2.24, 2.45) is 0 Å². The largest absolute Gasteiger partial charge is 0.229 e. The van der Waals surface area contributed by atoms with E-state index in [4.69, 9.17) is 0 Å². The summed E-state index contributed by atoms with van der Waals surface area (Å²) in [6, 6.07) is 6.78. The minimum Gasteiger partial charge on any atom is -0.229 e. The van der Waals surface area contributed by atoms with Crippen molar-refractivity contribution in [2.75, 3.05) is 11.5 Å². The number of halogens is 1. The van der Waals surface area contributed by atoms with Crippen LogP contribution in [-0.4, -0.2) is 29.9 Å². The summed E-state index contributed by atoms with van der Waals surface area (Å²) < 4.78 is 25.8. The highest BCUT2D eigenvalue weighted by Gasteiger charge is 2.22. The summed E-state index contributed by atoms with van der Waals surface area (Å²) in [6.07, 6.45) is 4.97. The molecule has 0 spiro atoms. The van der Waals surface area contributed by atoms with Gasteiger partial charge in [0.15, 0.2) is 9.84 Å². The smallest absolute Gasteiger partial charge is 0.179 e. The third kappa shape index (κ3) is 3.49. The molecule has 8 heteroatoms. The van der Waals surface area contributed by atoms with Crippen LogP contribution in [0.15, 0.2) is 45.0 Å². The van der Waals surface area contributed by atoms with Crippen LogP contribution in [0.2, 0.25) is 0 Å². The summed E-state index contributed by atoms with van der Waals surface area (Å²) in [6.45, 7) is 0. The lowest BCUT2D eigenvalue weighted by Crippen LogP contribution is -2.09. The van der Waals surface area contributed by atoms with Gasteiger partial charge < -0.3 is 0 Å². The second-order valence-corrected chi connectivity index (χ2v) is 11.0. The van der Waals surface area contributed by atoms with E-state index in [0.717, 1.165) is 32.6 Å². The molecule has 0 bridgehead atoms. The van der Waals surface area contributed by atoms with Crippen molar-refractivity contribution in [1.82, 2.24) is 9.97 Å². The number of nitrogens with zero attached hydrogens (tertiary/aromatic N) is 2. The Morgan fingerprint density at radius 3 is 2.76 bits per heavy atom. The quantitative estimate of drug-likeness (QED) is 0.419. The lowest BCUT2D eigenvalue weighted by Gasteiger charge is -2.06. The lowest BCUT2D eigenvalue weighted by atomic mass is 10.2. The van der Waals surface area contributed by atoms with Crippen molar-refractivity contribution in [3.05, 3.63) is 45.5 Å². The van der Waals surface area contributed by atoms with E-state index in [1.54, 1.807) is 41.9 Å². The van der Waals surface area contributed by atoms with Crippen LogP contribution >= 0.6 is 39.0 Å². The number of hydrogen-bond acceptors (Lipinski definition) is 6. The van der Waals surface area contributed by atoms with E-state index in [1.165, 1.54) is 28.6 Å². The highest BCUT2D eigenvalue weighted by Crippen LogP contribution is 2.40. The van der Waals surface area contributed by atoms with E-state index in [-0.39, 0.29) is 5.75 Å². The van der Waals surface area contributed by atoms with Gasteiger partial charge in [-0.15, -0.1) is 23.1 Å². The summed E-state index contributed by atoms with van der Waals surface area (Å²) in [5, 5.41) is 2.06. The Labute approximate surface area is 163 Å². The molecule has 2 heterocycles. The predicted molar refractivity (Wildman–Crippen MR) is 106 cm³/mol. The molecule has 0 fully saturated rings. The number of fused-ring (bicyclic) bond motifs is 3. The molecule has 0 atom stereocenters. The summed E-state index contributed by atoms with van der Waals surface area (Å²) in [7, 11) is -3.28. The second kappa shape index (κ2) is 6.98. The number of thioether (sulfide) groups is 1. The molecule has 0 N–H and O–H groups in total. The maximum absolute atomic E-state index is 12.5. The van der Waals surface area contributed by atoms with Gasteiger partial charge in [-0.05, 0) is 49.1 Å². The Morgan fingerprint density at radius 1 is 1.16 bits per heavy atom. The van der Waals surface area contributed by atoms with Crippen LogP contribution in [-0.2, 0) is 22.7 Å².